The second-order valence-corrected chi connectivity index (χ2v) is 4.12. The fraction of sp³-hybridized carbons (Fsp3) is 0.417. The highest BCUT2D eigenvalue weighted by atomic mass is 16.5. The van der Waals surface area contributed by atoms with Crippen molar-refractivity contribution in [3.63, 3.8) is 0 Å². The summed E-state index contributed by atoms with van der Waals surface area (Å²) in [5.41, 5.74) is 8.87. The molecule has 2 rings (SSSR count). The first kappa shape index (κ1) is 11.1. The molecule has 1 aliphatic heterocycles. The van der Waals surface area contributed by atoms with Crippen molar-refractivity contribution in [2.45, 2.75) is 18.9 Å². The van der Waals surface area contributed by atoms with Crippen LogP contribution in [0.2, 0.25) is 0 Å². The number of nitrogens with one attached hydrogen (secondary N) is 1. The smallest absolute Gasteiger partial charge is 0.231 e. The van der Waals surface area contributed by atoms with Crippen LogP contribution in [-0.4, -0.2) is 19.6 Å². The van der Waals surface area contributed by atoms with Crippen LogP contribution in [0.25, 0.3) is 0 Å². The Morgan fingerprint density at radius 1 is 1.56 bits per heavy atom. The SMILES string of the molecule is COCC(N)c1ccc2c(c1)C(C)C(=O)N2. The summed E-state index contributed by atoms with van der Waals surface area (Å²) in [4.78, 5) is 11.5. The van der Waals surface area contributed by atoms with Gasteiger partial charge >= 0.3 is 0 Å². The van der Waals surface area contributed by atoms with Gasteiger partial charge in [0.1, 0.15) is 0 Å². The van der Waals surface area contributed by atoms with Gasteiger partial charge in [0.05, 0.1) is 18.6 Å². The fourth-order valence-corrected chi connectivity index (χ4v) is 1.94. The Bertz CT molecular complexity index is 417. The van der Waals surface area contributed by atoms with Crippen LogP contribution in [0, 0.1) is 0 Å². The van der Waals surface area contributed by atoms with Gasteiger partial charge in [0.2, 0.25) is 5.91 Å². The number of methoxy groups -OCH3 is 1. The first-order valence-electron chi connectivity index (χ1n) is 5.32. The summed E-state index contributed by atoms with van der Waals surface area (Å²) in [6.07, 6.45) is 0. The Balaban J connectivity index is 2.30. The molecular weight excluding hydrogens is 204 g/mol. The van der Waals surface area contributed by atoms with E-state index in [0.717, 1.165) is 16.8 Å². The van der Waals surface area contributed by atoms with Crippen molar-refractivity contribution in [2.24, 2.45) is 5.73 Å². The second-order valence-electron chi connectivity index (χ2n) is 4.12. The van der Waals surface area contributed by atoms with Gasteiger partial charge in [-0.15, -0.1) is 0 Å². The van der Waals surface area contributed by atoms with E-state index in [-0.39, 0.29) is 17.9 Å². The van der Waals surface area contributed by atoms with Crippen molar-refractivity contribution in [3.8, 4) is 0 Å². The average molecular weight is 220 g/mol. The molecule has 0 aromatic heterocycles. The minimum atomic E-state index is -0.141. The first-order valence-corrected chi connectivity index (χ1v) is 5.32. The zero-order chi connectivity index (χ0) is 11.7. The highest BCUT2D eigenvalue weighted by molar-refractivity contribution is 6.02. The molecule has 0 radical (unpaired) electrons. The minimum absolute atomic E-state index is 0.0486. The van der Waals surface area contributed by atoms with Crippen molar-refractivity contribution in [2.75, 3.05) is 19.0 Å². The molecule has 4 heteroatoms. The van der Waals surface area contributed by atoms with Gasteiger partial charge in [-0.2, -0.15) is 0 Å². The highest BCUT2D eigenvalue weighted by Gasteiger charge is 2.26. The number of anilines is 1. The number of nitrogens with two attached hydrogens (primary N) is 1. The number of carbonyl (C=O) groups is 1. The third-order valence-electron chi connectivity index (χ3n) is 2.97. The predicted octanol–water partition coefficient (Wildman–Crippen LogP) is 1.39. The van der Waals surface area contributed by atoms with E-state index in [4.69, 9.17) is 10.5 Å². The minimum Gasteiger partial charge on any atom is -0.383 e. The lowest BCUT2D eigenvalue weighted by atomic mass is 9.98. The molecule has 0 saturated carbocycles. The topological polar surface area (TPSA) is 64.3 Å². The second kappa shape index (κ2) is 4.23. The highest BCUT2D eigenvalue weighted by Crippen LogP contribution is 2.33. The van der Waals surface area contributed by atoms with Crippen LogP contribution >= 0.6 is 0 Å². The Labute approximate surface area is 94.8 Å². The lowest BCUT2D eigenvalue weighted by Gasteiger charge is -2.12. The molecule has 1 aliphatic rings. The Morgan fingerprint density at radius 2 is 2.31 bits per heavy atom. The molecule has 0 saturated heterocycles. The zero-order valence-electron chi connectivity index (χ0n) is 9.49. The van der Waals surface area contributed by atoms with Crippen LogP contribution in [0.3, 0.4) is 0 Å². The van der Waals surface area contributed by atoms with E-state index >= 15 is 0 Å². The molecule has 1 amide bonds. The van der Waals surface area contributed by atoms with Crippen LogP contribution in [0.5, 0.6) is 0 Å². The van der Waals surface area contributed by atoms with Crippen molar-refractivity contribution < 1.29 is 9.53 Å². The molecule has 0 aliphatic carbocycles. The molecule has 4 nitrogen and oxygen atoms in total. The number of amides is 1. The van der Waals surface area contributed by atoms with Gasteiger partial charge in [0.15, 0.2) is 0 Å². The molecule has 1 aromatic rings. The Hall–Kier alpha value is -1.39. The van der Waals surface area contributed by atoms with Crippen molar-refractivity contribution in [1.82, 2.24) is 0 Å². The van der Waals surface area contributed by atoms with Gasteiger partial charge in [-0.3, -0.25) is 4.79 Å². The van der Waals surface area contributed by atoms with Crippen LogP contribution in [-0.2, 0) is 9.53 Å². The molecule has 0 fully saturated rings. The number of benzene rings is 1. The third kappa shape index (κ3) is 1.81. The lowest BCUT2D eigenvalue weighted by molar-refractivity contribution is -0.116. The summed E-state index contributed by atoms with van der Waals surface area (Å²) in [6.45, 7) is 2.38. The number of carbonyl (C=O) groups excluding carboxylic acids is 1. The summed E-state index contributed by atoms with van der Waals surface area (Å²) in [5.74, 6) is -0.0443. The first-order chi connectivity index (χ1) is 7.63. The van der Waals surface area contributed by atoms with Crippen molar-refractivity contribution in [1.29, 1.82) is 0 Å². The van der Waals surface area contributed by atoms with E-state index in [0.29, 0.717) is 6.61 Å². The fourth-order valence-electron chi connectivity index (χ4n) is 1.94. The third-order valence-corrected chi connectivity index (χ3v) is 2.97. The summed E-state index contributed by atoms with van der Waals surface area (Å²) in [6, 6.07) is 5.68. The Morgan fingerprint density at radius 3 is 3.00 bits per heavy atom. The van der Waals surface area contributed by atoms with Crippen LogP contribution < -0.4 is 11.1 Å². The van der Waals surface area contributed by atoms with Crippen LogP contribution in [0.4, 0.5) is 5.69 Å². The summed E-state index contributed by atoms with van der Waals surface area (Å²) in [5, 5.41) is 2.83. The molecule has 86 valence electrons. The standard InChI is InChI=1S/C12H16N2O2/c1-7-9-5-8(10(13)6-16-2)3-4-11(9)14-12(7)15/h3-5,7,10H,6,13H2,1-2H3,(H,14,15). The van der Waals surface area contributed by atoms with E-state index in [2.05, 4.69) is 5.32 Å². The molecule has 0 spiro atoms. The van der Waals surface area contributed by atoms with Gasteiger partial charge in [0, 0.05) is 12.8 Å². The van der Waals surface area contributed by atoms with Crippen LogP contribution in [0.15, 0.2) is 18.2 Å². The summed E-state index contributed by atoms with van der Waals surface area (Å²) >= 11 is 0. The van der Waals surface area contributed by atoms with E-state index in [9.17, 15) is 4.79 Å². The van der Waals surface area contributed by atoms with E-state index < -0.39 is 0 Å². The normalized spacial score (nSPS) is 20.4. The summed E-state index contributed by atoms with van der Waals surface area (Å²) < 4.78 is 5.02. The largest absolute Gasteiger partial charge is 0.383 e. The lowest BCUT2D eigenvalue weighted by Crippen LogP contribution is -2.16. The predicted molar refractivity (Wildman–Crippen MR) is 62.3 cm³/mol. The molecule has 2 atom stereocenters. The molecule has 1 aromatic carbocycles. The quantitative estimate of drug-likeness (QED) is 0.809. The van der Waals surface area contributed by atoms with E-state index in [1.54, 1.807) is 7.11 Å². The Kier molecular flexibility index (Phi) is 2.94. The van der Waals surface area contributed by atoms with Gasteiger partial charge in [-0.1, -0.05) is 12.1 Å². The molecule has 2 unspecified atom stereocenters. The molecule has 16 heavy (non-hydrogen) atoms. The average Bonchev–Trinajstić information content (AvgIpc) is 2.55. The number of fused-ring (bicyclic) bond motifs is 1. The monoisotopic (exact) mass is 220 g/mol. The van der Waals surface area contributed by atoms with Gasteiger partial charge in [-0.25, -0.2) is 0 Å². The van der Waals surface area contributed by atoms with Gasteiger partial charge in [-0.05, 0) is 24.1 Å². The van der Waals surface area contributed by atoms with Crippen LogP contribution in [0.1, 0.15) is 30.0 Å². The number of ether oxygens (including phenoxy) is 1. The maximum absolute atomic E-state index is 11.5. The number of hydrogen-bond donors (Lipinski definition) is 2. The van der Waals surface area contributed by atoms with E-state index in [1.807, 2.05) is 25.1 Å². The summed E-state index contributed by atoms with van der Waals surface area (Å²) in [7, 11) is 1.63. The molecular formula is C12H16N2O2. The zero-order valence-corrected chi connectivity index (χ0v) is 9.49. The van der Waals surface area contributed by atoms with Gasteiger partial charge < -0.3 is 15.8 Å². The van der Waals surface area contributed by atoms with Crippen molar-refractivity contribution >= 4 is 11.6 Å². The maximum Gasteiger partial charge on any atom is 0.231 e. The molecule has 0 bridgehead atoms. The van der Waals surface area contributed by atoms with Crippen molar-refractivity contribution in [3.05, 3.63) is 29.3 Å². The van der Waals surface area contributed by atoms with Gasteiger partial charge in [0.25, 0.3) is 0 Å². The molecule has 1 heterocycles. The number of hydrogen-bond acceptors (Lipinski definition) is 3. The van der Waals surface area contributed by atoms with E-state index in [1.165, 1.54) is 0 Å². The number of rotatable bonds is 3. The maximum atomic E-state index is 11.5. The molecule has 3 N–H and O–H groups in total.